The molecule has 3 aromatic rings. The van der Waals surface area contributed by atoms with Crippen molar-refractivity contribution < 1.29 is 18.8 Å². The number of halogens is 1. The fourth-order valence-electron chi connectivity index (χ4n) is 2.17. The maximum absolute atomic E-state index is 12.1. The molecule has 0 spiro atoms. The third-order valence-corrected chi connectivity index (χ3v) is 3.80. The first-order valence-electron chi connectivity index (χ1n) is 7.62. The molecule has 0 saturated heterocycles. The van der Waals surface area contributed by atoms with Gasteiger partial charge in [0.1, 0.15) is 0 Å². The Bertz CT molecular complexity index is 920. The van der Waals surface area contributed by atoms with E-state index < -0.39 is 11.9 Å². The quantitative estimate of drug-likeness (QED) is 0.692. The first-order valence-corrected chi connectivity index (χ1v) is 7.99. The number of methoxy groups -OCH3 is 1. The van der Waals surface area contributed by atoms with Gasteiger partial charge in [-0.1, -0.05) is 28.9 Å². The molecule has 0 fully saturated rings. The van der Waals surface area contributed by atoms with Crippen molar-refractivity contribution in [3.63, 3.8) is 0 Å². The lowest BCUT2D eigenvalue weighted by Crippen LogP contribution is -2.23. The van der Waals surface area contributed by atoms with Gasteiger partial charge in [-0.2, -0.15) is 4.98 Å². The molecule has 0 aliphatic heterocycles. The van der Waals surface area contributed by atoms with Crippen LogP contribution in [0.15, 0.2) is 53.1 Å². The van der Waals surface area contributed by atoms with E-state index in [0.29, 0.717) is 22.0 Å². The smallest absolute Gasteiger partial charge is 0.337 e. The second-order valence-corrected chi connectivity index (χ2v) is 5.74. The Morgan fingerprint density at radius 2 is 1.81 bits per heavy atom. The van der Waals surface area contributed by atoms with Crippen molar-refractivity contribution >= 4 is 23.5 Å². The van der Waals surface area contributed by atoms with Crippen molar-refractivity contribution in [1.82, 2.24) is 15.5 Å². The van der Waals surface area contributed by atoms with Crippen LogP contribution in [-0.2, 0) is 11.3 Å². The van der Waals surface area contributed by atoms with Gasteiger partial charge in [0.15, 0.2) is 0 Å². The summed E-state index contributed by atoms with van der Waals surface area (Å²) in [6.45, 7) is 0.249. The van der Waals surface area contributed by atoms with E-state index in [-0.39, 0.29) is 12.4 Å². The molecule has 0 saturated carbocycles. The number of hydrogen-bond donors (Lipinski definition) is 1. The lowest BCUT2D eigenvalue weighted by atomic mass is 10.1. The third kappa shape index (κ3) is 4.07. The Morgan fingerprint density at radius 3 is 2.46 bits per heavy atom. The molecule has 1 N–H and O–H groups in total. The van der Waals surface area contributed by atoms with Crippen molar-refractivity contribution in [1.29, 1.82) is 0 Å². The van der Waals surface area contributed by atoms with E-state index >= 15 is 0 Å². The maximum atomic E-state index is 12.1. The summed E-state index contributed by atoms with van der Waals surface area (Å²) in [6.07, 6.45) is 0. The van der Waals surface area contributed by atoms with Gasteiger partial charge in [0.2, 0.25) is 5.82 Å². The predicted octanol–water partition coefficient (Wildman–Crippen LogP) is 3.11. The van der Waals surface area contributed by atoms with E-state index in [1.165, 1.54) is 7.11 Å². The third-order valence-electron chi connectivity index (χ3n) is 3.55. The van der Waals surface area contributed by atoms with E-state index in [1.54, 1.807) is 48.5 Å². The summed E-state index contributed by atoms with van der Waals surface area (Å²) in [5.74, 6) is -0.744. The molecular weight excluding hydrogens is 358 g/mol. The normalized spacial score (nSPS) is 10.4. The number of carbonyl (C=O) groups excluding carboxylic acids is 2. The Balaban J connectivity index is 1.62. The van der Waals surface area contributed by atoms with Gasteiger partial charge in [-0.05, 0) is 42.0 Å². The summed E-state index contributed by atoms with van der Waals surface area (Å²) in [5, 5.41) is 7.06. The molecule has 1 aromatic heterocycles. The number of nitrogens with zero attached hydrogens (tertiary/aromatic N) is 2. The highest BCUT2D eigenvalue weighted by Gasteiger charge is 2.16. The van der Waals surface area contributed by atoms with Gasteiger partial charge < -0.3 is 14.6 Å². The molecular formula is C18H14ClN3O4. The molecule has 0 bridgehead atoms. The van der Waals surface area contributed by atoms with Crippen LogP contribution in [0.5, 0.6) is 0 Å². The molecule has 0 aliphatic rings. The molecule has 0 radical (unpaired) electrons. The van der Waals surface area contributed by atoms with Crippen LogP contribution < -0.4 is 5.32 Å². The fourth-order valence-corrected chi connectivity index (χ4v) is 2.29. The minimum atomic E-state index is -0.491. The highest BCUT2D eigenvalue weighted by molar-refractivity contribution is 6.30. The highest BCUT2D eigenvalue weighted by atomic mass is 35.5. The Labute approximate surface area is 153 Å². The molecule has 1 amide bonds. The van der Waals surface area contributed by atoms with Gasteiger partial charge >= 0.3 is 17.8 Å². The molecule has 1 heterocycles. The summed E-state index contributed by atoms with van der Waals surface area (Å²) < 4.78 is 9.63. The van der Waals surface area contributed by atoms with Crippen LogP contribution in [-0.4, -0.2) is 29.1 Å². The zero-order valence-electron chi connectivity index (χ0n) is 13.7. The molecule has 0 atom stereocenters. The average molecular weight is 372 g/mol. The standard InChI is InChI=1S/C18H14ClN3O4/c1-25-18(24)13-4-2-11(3-5-13)10-20-16(23)17-21-15(22-26-17)12-6-8-14(19)9-7-12/h2-9H,10H2,1H3,(H,20,23). The number of aromatic nitrogens is 2. The molecule has 0 unspecified atom stereocenters. The van der Waals surface area contributed by atoms with E-state index in [4.69, 9.17) is 16.1 Å². The van der Waals surface area contributed by atoms with Gasteiger partial charge in [0, 0.05) is 17.1 Å². The van der Waals surface area contributed by atoms with Crippen molar-refractivity contribution in [2.24, 2.45) is 0 Å². The number of nitrogens with one attached hydrogen (secondary N) is 1. The van der Waals surface area contributed by atoms with E-state index in [2.05, 4.69) is 20.2 Å². The number of amides is 1. The molecule has 26 heavy (non-hydrogen) atoms. The number of hydrogen-bond acceptors (Lipinski definition) is 6. The summed E-state index contributed by atoms with van der Waals surface area (Å²) in [6, 6.07) is 13.6. The van der Waals surface area contributed by atoms with Crippen molar-refractivity contribution in [2.45, 2.75) is 6.54 Å². The first kappa shape index (κ1) is 17.6. The summed E-state index contributed by atoms with van der Waals surface area (Å²) in [7, 11) is 1.32. The second kappa shape index (κ2) is 7.79. The minimum absolute atomic E-state index is 0.138. The Hall–Kier alpha value is -3.19. The lowest BCUT2D eigenvalue weighted by Gasteiger charge is -2.04. The van der Waals surface area contributed by atoms with Crippen LogP contribution in [0.2, 0.25) is 5.02 Å². The van der Waals surface area contributed by atoms with Crippen molar-refractivity contribution in [2.75, 3.05) is 7.11 Å². The summed E-state index contributed by atoms with van der Waals surface area (Å²) in [4.78, 5) is 27.6. The van der Waals surface area contributed by atoms with Crippen LogP contribution in [0.1, 0.15) is 26.6 Å². The van der Waals surface area contributed by atoms with Crippen LogP contribution in [0.25, 0.3) is 11.4 Å². The highest BCUT2D eigenvalue weighted by Crippen LogP contribution is 2.18. The molecule has 132 valence electrons. The molecule has 7 nitrogen and oxygen atoms in total. The number of carbonyl (C=O) groups is 2. The topological polar surface area (TPSA) is 94.3 Å². The van der Waals surface area contributed by atoms with Crippen LogP contribution >= 0.6 is 11.6 Å². The molecule has 3 rings (SSSR count). The maximum Gasteiger partial charge on any atom is 0.337 e. The number of ether oxygens (including phenoxy) is 1. The van der Waals surface area contributed by atoms with Crippen LogP contribution in [0, 0.1) is 0 Å². The van der Waals surface area contributed by atoms with E-state index in [1.807, 2.05) is 0 Å². The predicted molar refractivity (Wildman–Crippen MR) is 93.7 cm³/mol. The lowest BCUT2D eigenvalue weighted by molar-refractivity contribution is 0.0600. The van der Waals surface area contributed by atoms with Gasteiger partial charge in [0.25, 0.3) is 0 Å². The zero-order valence-corrected chi connectivity index (χ0v) is 14.5. The Morgan fingerprint density at radius 1 is 1.12 bits per heavy atom. The van der Waals surface area contributed by atoms with Crippen molar-refractivity contribution in [3.8, 4) is 11.4 Å². The van der Waals surface area contributed by atoms with E-state index in [9.17, 15) is 9.59 Å². The number of esters is 1. The minimum Gasteiger partial charge on any atom is -0.465 e. The monoisotopic (exact) mass is 371 g/mol. The van der Waals surface area contributed by atoms with Gasteiger partial charge in [0.05, 0.1) is 12.7 Å². The first-order chi connectivity index (χ1) is 12.6. The van der Waals surface area contributed by atoms with Crippen LogP contribution in [0.4, 0.5) is 0 Å². The van der Waals surface area contributed by atoms with E-state index in [0.717, 1.165) is 5.56 Å². The largest absolute Gasteiger partial charge is 0.465 e. The van der Waals surface area contributed by atoms with Crippen LogP contribution in [0.3, 0.4) is 0 Å². The molecule has 8 heteroatoms. The average Bonchev–Trinajstić information content (AvgIpc) is 3.16. The van der Waals surface area contributed by atoms with Gasteiger partial charge in [-0.3, -0.25) is 4.79 Å². The zero-order chi connectivity index (χ0) is 18.5. The van der Waals surface area contributed by atoms with Gasteiger partial charge in [-0.15, -0.1) is 0 Å². The number of benzene rings is 2. The van der Waals surface area contributed by atoms with Gasteiger partial charge in [-0.25, -0.2) is 4.79 Å². The SMILES string of the molecule is COC(=O)c1ccc(CNC(=O)c2nc(-c3ccc(Cl)cc3)no2)cc1. The Kier molecular flexibility index (Phi) is 5.28. The summed E-state index contributed by atoms with van der Waals surface area (Å²) >= 11 is 5.84. The number of rotatable bonds is 5. The fraction of sp³-hybridized carbons (Fsp3) is 0.111. The summed E-state index contributed by atoms with van der Waals surface area (Å²) in [5.41, 5.74) is 1.94. The van der Waals surface area contributed by atoms with Crippen molar-refractivity contribution in [3.05, 3.63) is 70.6 Å². The second-order valence-electron chi connectivity index (χ2n) is 5.30. The molecule has 2 aromatic carbocycles. The molecule has 0 aliphatic carbocycles.